The lowest BCUT2D eigenvalue weighted by Crippen LogP contribution is -2.87. The predicted octanol–water partition coefficient (Wildman–Crippen LogP) is 10.5. The fourth-order valence-electron chi connectivity index (χ4n) is 3.19. The number of halogens is 33. The molecular weight excluding hydrogens is 821 g/mol. The maximum Gasteiger partial charge on any atom is 0.457 e. The molecule has 0 saturated carbocycles. The highest BCUT2D eigenvalue weighted by atomic mass is 19.5. The largest absolute Gasteiger partial charge is 0.457 e. The number of rotatable bonds is 9. The minimum absolute atomic E-state index is 7.04. The van der Waals surface area contributed by atoms with Gasteiger partial charge in [-0.05, 0) is 0 Å². The first kappa shape index (κ1) is 46.6. The Labute approximate surface area is 241 Å². The van der Waals surface area contributed by atoms with Crippen LogP contribution < -0.4 is 0 Å². The van der Waals surface area contributed by atoms with Crippen LogP contribution in [0.5, 0.6) is 0 Å². The summed E-state index contributed by atoms with van der Waals surface area (Å²) < 4.78 is 442. The highest BCUT2D eigenvalue weighted by Crippen LogP contribution is 2.70. The van der Waals surface area contributed by atoms with Gasteiger partial charge in [0.25, 0.3) is 0 Å². The molecule has 3 atom stereocenters. The zero-order chi connectivity index (χ0) is 41.1. The highest BCUT2D eigenvalue weighted by molar-refractivity contribution is 5.22. The molecular formula is C15F33N. The second-order valence-corrected chi connectivity index (χ2v) is 8.64. The van der Waals surface area contributed by atoms with Crippen LogP contribution in [0.4, 0.5) is 145 Å². The van der Waals surface area contributed by atoms with Gasteiger partial charge in [-0.25, -0.2) is 13.2 Å². The summed E-state index contributed by atoms with van der Waals surface area (Å²) in [4.78, 5) is -7.04. The Morgan fingerprint density at radius 1 is 0.184 bits per heavy atom. The van der Waals surface area contributed by atoms with Crippen molar-refractivity contribution in [1.29, 1.82) is 0 Å². The van der Waals surface area contributed by atoms with E-state index in [4.69, 9.17) is 0 Å². The second-order valence-electron chi connectivity index (χ2n) is 8.64. The van der Waals surface area contributed by atoms with E-state index in [0.29, 0.717) is 0 Å². The molecule has 0 aromatic rings. The summed E-state index contributed by atoms with van der Waals surface area (Å²) >= 11 is 0. The first-order chi connectivity index (χ1) is 20.4. The first-order valence-corrected chi connectivity index (χ1v) is 9.91. The van der Waals surface area contributed by atoms with Gasteiger partial charge in [-0.15, -0.1) is 4.90 Å². The molecule has 0 aliphatic heterocycles. The summed E-state index contributed by atoms with van der Waals surface area (Å²) in [6.07, 6.45) is -56.4. The number of alkyl halides is 33. The van der Waals surface area contributed by atoms with E-state index in [1.807, 2.05) is 0 Å². The zero-order valence-corrected chi connectivity index (χ0v) is 20.4. The molecule has 296 valence electrons. The van der Waals surface area contributed by atoms with Gasteiger partial charge in [-0.1, -0.05) is 0 Å². The molecule has 0 aromatic carbocycles. The quantitative estimate of drug-likeness (QED) is 0.165. The summed E-state index contributed by atoms with van der Waals surface area (Å²) in [7, 11) is 0. The Bertz CT molecular complexity index is 1040. The van der Waals surface area contributed by atoms with Crippen molar-refractivity contribution in [2.45, 2.75) is 90.0 Å². The minimum Gasteiger partial charge on any atom is -0.218 e. The summed E-state index contributed by atoms with van der Waals surface area (Å²) in [5.41, 5.74) is -31.5. The molecule has 0 bridgehead atoms. The molecule has 0 heterocycles. The van der Waals surface area contributed by atoms with E-state index in [1.54, 1.807) is 0 Å². The lowest BCUT2D eigenvalue weighted by Gasteiger charge is -2.54. The normalized spacial score (nSPS) is 20.2. The molecule has 0 amide bonds. The maximum absolute atomic E-state index is 14.6. The number of hydrogen-bond donors (Lipinski definition) is 0. The second kappa shape index (κ2) is 11.1. The van der Waals surface area contributed by atoms with Crippen LogP contribution in [0, 0.1) is 0 Å². The van der Waals surface area contributed by atoms with Crippen molar-refractivity contribution < 1.29 is 145 Å². The van der Waals surface area contributed by atoms with Crippen LogP contribution in [0.2, 0.25) is 0 Å². The van der Waals surface area contributed by atoms with Crippen molar-refractivity contribution in [3.63, 3.8) is 0 Å². The highest BCUT2D eigenvalue weighted by Gasteiger charge is 3.02. The third kappa shape index (κ3) is 5.69. The Balaban J connectivity index is 9.60. The zero-order valence-electron chi connectivity index (χ0n) is 20.4. The molecule has 34 heteroatoms. The van der Waals surface area contributed by atoms with E-state index in [0.717, 1.165) is 0 Å². The third-order valence-corrected chi connectivity index (χ3v) is 5.62. The molecule has 0 aliphatic rings. The van der Waals surface area contributed by atoms with E-state index in [2.05, 4.69) is 0 Å². The van der Waals surface area contributed by atoms with Crippen molar-refractivity contribution in [2.24, 2.45) is 0 Å². The van der Waals surface area contributed by atoms with Crippen LogP contribution in [0.15, 0.2) is 0 Å². The molecule has 0 aliphatic carbocycles. The van der Waals surface area contributed by atoms with E-state index in [1.165, 1.54) is 0 Å². The Kier molecular flexibility index (Phi) is 10.5. The van der Waals surface area contributed by atoms with Crippen LogP contribution in [-0.2, 0) is 0 Å². The summed E-state index contributed by atoms with van der Waals surface area (Å²) in [5.74, 6) is -29.6. The molecule has 0 aromatic heterocycles. The number of nitrogens with zero attached hydrogens (tertiary/aromatic N) is 1. The lowest BCUT2D eigenvalue weighted by molar-refractivity contribution is -0.539. The van der Waals surface area contributed by atoms with Crippen molar-refractivity contribution in [3.05, 3.63) is 0 Å². The molecule has 1 nitrogen and oxygen atoms in total. The molecule has 0 fully saturated rings. The monoisotopic (exact) mass is 821 g/mol. The van der Waals surface area contributed by atoms with Gasteiger partial charge in [0, 0.05) is 0 Å². The SMILES string of the molecule is FC(F)(F)C(F)(F)C(F)(C(F)(F)F)C(F)(F)N(C(F)(F)C(F)(C(F)(F)F)C(F)(F)C(F)(F)F)C(F)(F)C(F)(C(F)(F)F)C(F)(F)C(F)(F)F. The molecule has 0 radical (unpaired) electrons. The smallest absolute Gasteiger partial charge is 0.218 e. The average molecular weight is 821 g/mol. The van der Waals surface area contributed by atoms with Gasteiger partial charge in [-0.3, -0.25) is 0 Å². The Hall–Kier alpha value is -2.35. The van der Waals surface area contributed by atoms with Crippen molar-refractivity contribution in [1.82, 2.24) is 4.90 Å². The van der Waals surface area contributed by atoms with Gasteiger partial charge in [0.05, 0.1) is 0 Å². The van der Waals surface area contributed by atoms with Gasteiger partial charge in [-0.2, -0.15) is 132 Å². The molecule has 0 rings (SSSR count). The fraction of sp³-hybridized carbons (Fsp3) is 1.00. The molecule has 3 unspecified atom stereocenters. The van der Waals surface area contributed by atoms with Gasteiger partial charge in [0.15, 0.2) is 0 Å². The summed E-state index contributed by atoms with van der Waals surface area (Å²) in [6, 6.07) is -32.7. The van der Waals surface area contributed by atoms with Crippen LogP contribution in [0.3, 0.4) is 0 Å². The maximum atomic E-state index is 14.6. The predicted molar refractivity (Wildman–Crippen MR) is 79.4 cm³/mol. The lowest BCUT2D eigenvalue weighted by atomic mass is 9.84. The van der Waals surface area contributed by atoms with Crippen LogP contribution >= 0.6 is 0 Å². The van der Waals surface area contributed by atoms with Crippen LogP contribution in [0.1, 0.15) is 0 Å². The van der Waals surface area contributed by atoms with Crippen molar-refractivity contribution in [2.75, 3.05) is 0 Å². The molecule has 0 N–H and O–H groups in total. The van der Waals surface area contributed by atoms with Crippen LogP contribution in [-0.4, -0.2) is 94.9 Å². The van der Waals surface area contributed by atoms with Gasteiger partial charge < -0.3 is 0 Å². The average Bonchev–Trinajstić information content (AvgIpc) is 2.76. The van der Waals surface area contributed by atoms with Crippen molar-refractivity contribution >= 4 is 0 Å². The van der Waals surface area contributed by atoms with Gasteiger partial charge in [0.2, 0.25) is 0 Å². The Morgan fingerprint density at radius 3 is 0.388 bits per heavy atom. The topological polar surface area (TPSA) is 3.24 Å². The number of hydrogen-bond acceptors (Lipinski definition) is 1. The summed E-state index contributed by atoms with van der Waals surface area (Å²) in [5, 5.41) is 0. The summed E-state index contributed by atoms with van der Waals surface area (Å²) in [6.45, 7) is 0. The van der Waals surface area contributed by atoms with Crippen LogP contribution in [0.25, 0.3) is 0 Å². The standard InChI is InChI=1S/C15F33N/c16-1(7(25,26)27,4(19,20)10(34,35)36)13(43,44)49(14(45,46)2(17,8(28,29)30)5(21,22)11(37,38)39)15(47,48)3(18,9(31,32)33)6(23,24)12(40,41)42. The van der Waals surface area contributed by atoms with E-state index in [-0.39, 0.29) is 0 Å². The van der Waals surface area contributed by atoms with Gasteiger partial charge in [0.1, 0.15) is 0 Å². The molecule has 0 spiro atoms. The minimum atomic E-state index is -10.9. The molecule has 49 heavy (non-hydrogen) atoms. The first-order valence-electron chi connectivity index (χ1n) is 9.91. The third-order valence-electron chi connectivity index (χ3n) is 5.62. The van der Waals surface area contributed by atoms with E-state index < -0.39 is 94.9 Å². The Morgan fingerprint density at radius 2 is 0.306 bits per heavy atom. The molecule has 0 saturated heterocycles. The van der Waals surface area contributed by atoms with Crippen molar-refractivity contribution in [3.8, 4) is 0 Å². The fourth-order valence-corrected chi connectivity index (χ4v) is 3.19. The van der Waals surface area contributed by atoms with E-state index >= 15 is 0 Å². The van der Waals surface area contributed by atoms with Gasteiger partial charge >= 0.3 is 90.0 Å². The van der Waals surface area contributed by atoms with E-state index in [9.17, 15) is 145 Å².